The Morgan fingerprint density at radius 1 is 1.37 bits per heavy atom. The number of aryl methyl sites for hydroxylation is 1. The topological polar surface area (TPSA) is 79.4 Å². The van der Waals surface area contributed by atoms with Crippen LogP contribution in [-0.2, 0) is 13.0 Å². The maximum Gasteiger partial charge on any atom is 0.202 e. The summed E-state index contributed by atoms with van der Waals surface area (Å²) < 4.78 is 4.22. The lowest BCUT2D eigenvalue weighted by Gasteiger charge is -1.96. The van der Waals surface area contributed by atoms with Crippen LogP contribution in [0.3, 0.4) is 0 Å². The van der Waals surface area contributed by atoms with Crippen LogP contribution in [0.25, 0.3) is 10.7 Å². The number of nitrogens with one attached hydrogen (secondary N) is 2. The van der Waals surface area contributed by atoms with Gasteiger partial charge in [-0.1, -0.05) is 13.0 Å². The summed E-state index contributed by atoms with van der Waals surface area (Å²) >= 11 is 2.99. The Kier molecular flexibility index (Phi) is 3.51. The summed E-state index contributed by atoms with van der Waals surface area (Å²) in [6.07, 6.45) is 0.850. The SMILES string of the molecule is CCc1nsc(NCc2nc(-c3cccs3)n[nH]2)n1. The van der Waals surface area contributed by atoms with Gasteiger partial charge in [-0.2, -0.15) is 9.47 Å². The summed E-state index contributed by atoms with van der Waals surface area (Å²) in [5.74, 6) is 2.39. The predicted octanol–water partition coefficient (Wildman–Crippen LogP) is 2.56. The summed E-state index contributed by atoms with van der Waals surface area (Å²) in [5.41, 5.74) is 0. The maximum atomic E-state index is 4.43. The van der Waals surface area contributed by atoms with Crippen molar-refractivity contribution in [3.05, 3.63) is 29.2 Å². The molecule has 0 saturated heterocycles. The smallest absolute Gasteiger partial charge is 0.202 e. The second-order valence-electron chi connectivity index (χ2n) is 3.81. The lowest BCUT2D eigenvalue weighted by atomic mass is 10.4. The fourth-order valence-corrected chi connectivity index (χ4v) is 2.82. The molecule has 8 heteroatoms. The van der Waals surface area contributed by atoms with E-state index in [2.05, 4.69) is 29.9 Å². The normalized spacial score (nSPS) is 10.8. The summed E-state index contributed by atoms with van der Waals surface area (Å²) in [6, 6.07) is 3.99. The fourth-order valence-electron chi connectivity index (χ4n) is 1.52. The van der Waals surface area contributed by atoms with Crippen LogP contribution in [0.1, 0.15) is 18.6 Å². The maximum absolute atomic E-state index is 4.43. The number of aromatic nitrogens is 5. The Bertz CT molecular complexity index is 642. The van der Waals surface area contributed by atoms with E-state index in [1.165, 1.54) is 11.5 Å². The van der Waals surface area contributed by atoms with Gasteiger partial charge in [0.1, 0.15) is 11.6 Å². The molecule has 0 radical (unpaired) electrons. The average molecular weight is 292 g/mol. The molecule has 6 nitrogen and oxygen atoms in total. The third-order valence-electron chi connectivity index (χ3n) is 2.46. The summed E-state index contributed by atoms with van der Waals surface area (Å²) in [6.45, 7) is 2.60. The summed E-state index contributed by atoms with van der Waals surface area (Å²) in [7, 11) is 0. The van der Waals surface area contributed by atoms with Crippen LogP contribution in [0.2, 0.25) is 0 Å². The molecule has 3 aromatic heterocycles. The molecule has 0 bridgehead atoms. The van der Waals surface area contributed by atoms with Crippen molar-refractivity contribution in [1.82, 2.24) is 24.5 Å². The molecule has 0 aliphatic heterocycles. The number of thiophene rings is 1. The molecule has 0 atom stereocenters. The molecular formula is C11H12N6S2. The van der Waals surface area contributed by atoms with E-state index < -0.39 is 0 Å². The van der Waals surface area contributed by atoms with Crippen LogP contribution in [-0.4, -0.2) is 24.5 Å². The number of anilines is 1. The van der Waals surface area contributed by atoms with Crippen LogP contribution >= 0.6 is 22.9 Å². The Labute approximate surface area is 118 Å². The van der Waals surface area contributed by atoms with Crippen molar-refractivity contribution in [2.75, 3.05) is 5.32 Å². The Morgan fingerprint density at radius 3 is 3.05 bits per heavy atom. The number of hydrogen-bond acceptors (Lipinski definition) is 7. The van der Waals surface area contributed by atoms with E-state index in [1.54, 1.807) is 11.3 Å². The van der Waals surface area contributed by atoms with Gasteiger partial charge in [0.2, 0.25) is 5.13 Å². The first-order valence-corrected chi connectivity index (χ1v) is 7.52. The van der Waals surface area contributed by atoms with E-state index in [1.807, 2.05) is 24.4 Å². The number of H-pyrrole nitrogens is 1. The van der Waals surface area contributed by atoms with Crippen molar-refractivity contribution in [2.24, 2.45) is 0 Å². The third-order valence-corrected chi connectivity index (χ3v) is 4.04. The molecule has 0 aromatic carbocycles. The molecule has 0 aliphatic carbocycles. The molecule has 0 unspecified atom stereocenters. The van der Waals surface area contributed by atoms with Gasteiger partial charge in [-0.15, -0.1) is 11.3 Å². The Balaban J connectivity index is 1.64. The first-order valence-electron chi connectivity index (χ1n) is 5.86. The summed E-state index contributed by atoms with van der Waals surface area (Å²) in [5, 5.41) is 13.1. The molecule has 0 fully saturated rings. The van der Waals surface area contributed by atoms with E-state index in [0.29, 0.717) is 6.54 Å². The first-order chi connectivity index (χ1) is 9.35. The highest BCUT2D eigenvalue weighted by atomic mass is 32.1. The van der Waals surface area contributed by atoms with Crippen LogP contribution in [0.4, 0.5) is 5.13 Å². The minimum atomic E-state index is 0.566. The number of nitrogens with zero attached hydrogens (tertiary/aromatic N) is 4. The van der Waals surface area contributed by atoms with Crippen molar-refractivity contribution in [2.45, 2.75) is 19.9 Å². The van der Waals surface area contributed by atoms with Gasteiger partial charge >= 0.3 is 0 Å². The van der Waals surface area contributed by atoms with Gasteiger partial charge < -0.3 is 5.32 Å². The second kappa shape index (κ2) is 5.45. The van der Waals surface area contributed by atoms with E-state index in [0.717, 1.165) is 33.9 Å². The molecule has 3 heterocycles. The second-order valence-corrected chi connectivity index (χ2v) is 5.51. The molecule has 3 aromatic rings. The van der Waals surface area contributed by atoms with Crippen LogP contribution in [0, 0.1) is 0 Å². The van der Waals surface area contributed by atoms with Crippen LogP contribution in [0.15, 0.2) is 17.5 Å². The number of rotatable bonds is 5. The minimum Gasteiger partial charge on any atom is -0.353 e. The van der Waals surface area contributed by atoms with Gasteiger partial charge in [-0.3, -0.25) is 5.10 Å². The van der Waals surface area contributed by atoms with Gasteiger partial charge in [0.05, 0.1) is 11.4 Å². The zero-order chi connectivity index (χ0) is 13.1. The molecule has 3 rings (SSSR count). The van der Waals surface area contributed by atoms with Crippen molar-refractivity contribution >= 4 is 28.0 Å². The highest BCUT2D eigenvalue weighted by Crippen LogP contribution is 2.20. The van der Waals surface area contributed by atoms with E-state index >= 15 is 0 Å². The monoisotopic (exact) mass is 292 g/mol. The predicted molar refractivity (Wildman–Crippen MR) is 76.3 cm³/mol. The van der Waals surface area contributed by atoms with Crippen molar-refractivity contribution in [3.8, 4) is 10.7 Å². The van der Waals surface area contributed by atoms with Crippen LogP contribution < -0.4 is 5.32 Å². The molecule has 0 aliphatic rings. The highest BCUT2D eigenvalue weighted by molar-refractivity contribution is 7.13. The zero-order valence-corrected chi connectivity index (χ0v) is 11.9. The molecule has 2 N–H and O–H groups in total. The summed E-state index contributed by atoms with van der Waals surface area (Å²) in [4.78, 5) is 9.83. The fraction of sp³-hybridized carbons (Fsp3) is 0.273. The lowest BCUT2D eigenvalue weighted by Crippen LogP contribution is -2.01. The number of aromatic amines is 1. The standard InChI is InChI=1S/C11H12N6S2/c1-2-8-14-11(19-17-8)12-6-9-13-10(16-15-9)7-4-3-5-18-7/h3-5H,2,6H2,1H3,(H,12,14,17)(H,13,15,16). The molecule has 0 amide bonds. The first kappa shape index (κ1) is 12.2. The van der Waals surface area contributed by atoms with Crippen molar-refractivity contribution in [1.29, 1.82) is 0 Å². The molecule has 19 heavy (non-hydrogen) atoms. The average Bonchev–Trinajstić information content (AvgIpc) is 3.16. The molecular weight excluding hydrogens is 280 g/mol. The quantitative estimate of drug-likeness (QED) is 0.755. The number of hydrogen-bond donors (Lipinski definition) is 2. The minimum absolute atomic E-state index is 0.566. The Morgan fingerprint density at radius 2 is 2.32 bits per heavy atom. The zero-order valence-electron chi connectivity index (χ0n) is 10.3. The molecule has 0 saturated carbocycles. The molecule has 0 spiro atoms. The van der Waals surface area contributed by atoms with Gasteiger partial charge in [0.15, 0.2) is 5.82 Å². The van der Waals surface area contributed by atoms with Crippen molar-refractivity contribution in [3.63, 3.8) is 0 Å². The Hall–Kier alpha value is -1.80. The van der Waals surface area contributed by atoms with E-state index in [4.69, 9.17) is 0 Å². The third kappa shape index (κ3) is 2.79. The largest absolute Gasteiger partial charge is 0.353 e. The van der Waals surface area contributed by atoms with Crippen molar-refractivity contribution < 1.29 is 0 Å². The van der Waals surface area contributed by atoms with Gasteiger partial charge in [-0.05, 0) is 11.4 Å². The molecule has 98 valence electrons. The van der Waals surface area contributed by atoms with Crippen LogP contribution in [0.5, 0.6) is 0 Å². The highest BCUT2D eigenvalue weighted by Gasteiger charge is 2.07. The lowest BCUT2D eigenvalue weighted by molar-refractivity contribution is 0.943. The van der Waals surface area contributed by atoms with E-state index in [-0.39, 0.29) is 0 Å². The van der Waals surface area contributed by atoms with Gasteiger partial charge in [0, 0.05) is 18.0 Å². The van der Waals surface area contributed by atoms with E-state index in [9.17, 15) is 0 Å². The van der Waals surface area contributed by atoms with Gasteiger partial charge in [-0.25, -0.2) is 9.97 Å². The van der Waals surface area contributed by atoms with Gasteiger partial charge in [0.25, 0.3) is 0 Å².